The molecule has 30 heavy (non-hydrogen) atoms. The maximum atomic E-state index is 13.7. The van der Waals surface area contributed by atoms with Crippen LogP contribution in [0.5, 0.6) is 0 Å². The lowest BCUT2D eigenvalue weighted by molar-refractivity contribution is -0.160. The van der Waals surface area contributed by atoms with E-state index in [1.165, 1.54) is 6.08 Å². The van der Waals surface area contributed by atoms with E-state index in [-0.39, 0.29) is 24.3 Å². The van der Waals surface area contributed by atoms with Crippen LogP contribution in [0.15, 0.2) is 43.0 Å². The second kappa shape index (κ2) is 9.45. The van der Waals surface area contributed by atoms with Crippen molar-refractivity contribution in [2.45, 2.75) is 51.6 Å². The molecular formula is C24H34N2O4. The molecule has 1 aliphatic heterocycles. The summed E-state index contributed by atoms with van der Waals surface area (Å²) in [5.74, 6) is -0.901. The fraction of sp³-hybridized carbons (Fsp3) is 0.542. The van der Waals surface area contributed by atoms with Crippen LogP contribution in [0.2, 0.25) is 0 Å². The SMILES string of the molecule is C=CC(=O)N1CCC(C(=O)N(C)CC(C)C(=O)OC(C)(C)C)(c2ccccc2)CC1. The standard InChI is InChI=1S/C24H34N2O4/c1-7-20(27)26-15-13-24(14-16-26,19-11-9-8-10-12-19)22(29)25(6)17-18(2)21(28)30-23(3,4)5/h7-12,18H,1,13-17H2,2-6H3. The molecule has 1 saturated heterocycles. The second-order valence-corrected chi connectivity index (χ2v) is 9.10. The van der Waals surface area contributed by atoms with Crippen LogP contribution in [0.25, 0.3) is 0 Å². The Balaban J connectivity index is 2.21. The first-order chi connectivity index (χ1) is 14.0. The van der Waals surface area contributed by atoms with Gasteiger partial charge in [0.25, 0.3) is 0 Å². The Morgan fingerprint density at radius 3 is 2.27 bits per heavy atom. The third kappa shape index (κ3) is 5.49. The molecular weight excluding hydrogens is 380 g/mol. The summed E-state index contributed by atoms with van der Waals surface area (Å²) in [4.78, 5) is 41.4. The summed E-state index contributed by atoms with van der Waals surface area (Å²) < 4.78 is 5.46. The molecule has 0 saturated carbocycles. The van der Waals surface area contributed by atoms with Gasteiger partial charge in [-0.15, -0.1) is 0 Å². The molecule has 1 heterocycles. The van der Waals surface area contributed by atoms with Crippen LogP contribution in [0, 0.1) is 5.92 Å². The lowest BCUT2D eigenvalue weighted by Crippen LogP contribution is -2.53. The number of hydrogen-bond donors (Lipinski definition) is 0. The number of piperidine rings is 1. The van der Waals surface area contributed by atoms with E-state index in [1.807, 2.05) is 51.1 Å². The Morgan fingerprint density at radius 2 is 1.77 bits per heavy atom. The number of benzene rings is 1. The van der Waals surface area contributed by atoms with E-state index >= 15 is 0 Å². The van der Waals surface area contributed by atoms with Crippen molar-refractivity contribution in [2.75, 3.05) is 26.7 Å². The van der Waals surface area contributed by atoms with Gasteiger partial charge in [-0.05, 0) is 45.3 Å². The molecule has 6 nitrogen and oxygen atoms in total. The molecule has 0 spiro atoms. The molecule has 0 aromatic heterocycles. The fourth-order valence-corrected chi connectivity index (χ4v) is 3.96. The van der Waals surface area contributed by atoms with Gasteiger partial charge >= 0.3 is 5.97 Å². The third-order valence-corrected chi connectivity index (χ3v) is 5.54. The monoisotopic (exact) mass is 414 g/mol. The van der Waals surface area contributed by atoms with Crippen molar-refractivity contribution < 1.29 is 19.1 Å². The van der Waals surface area contributed by atoms with Gasteiger partial charge in [0.1, 0.15) is 5.60 Å². The van der Waals surface area contributed by atoms with Gasteiger partial charge < -0.3 is 14.5 Å². The van der Waals surface area contributed by atoms with Crippen molar-refractivity contribution in [3.63, 3.8) is 0 Å². The predicted octanol–water partition coefficient (Wildman–Crippen LogP) is 3.17. The highest BCUT2D eigenvalue weighted by molar-refractivity contribution is 5.90. The van der Waals surface area contributed by atoms with Crippen LogP contribution in [-0.2, 0) is 24.5 Å². The van der Waals surface area contributed by atoms with Crippen LogP contribution in [0.1, 0.15) is 46.1 Å². The van der Waals surface area contributed by atoms with E-state index in [2.05, 4.69) is 6.58 Å². The Labute approximate surface area is 179 Å². The highest BCUT2D eigenvalue weighted by atomic mass is 16.6. The first kappa shape index (κ1) is 23.6. The first-order valence-electron chi connectivity index (χ1n) is 10.5. The van der Waals surface area contributed by atoms with Gasteiger partial charge in [-0.1, -0.05) is 43.8 Å². The number of rotatable bonds is 6. The molecule has 1 fully saturated rings. The van der Waals surface area contributed by atoms with Gasteiger partial charge in [0.05, 0.1) is 11.3 Å². The van der Waals surface area contributed by atoms with Gasteiger partial charge in [-0.2, -0.15) is 0 Å². The van der Waals surface area contributed by atoms with E-state index < -0.39 is 16.9 Å². The first-order valence-corrected chi connectivity index (χ1v) is 10.5. The molecule has 6 heteroatoms. The van der Waals surface area contributed by atoms with E-state index in [9.17, 15) is 14.4 Å². The quantitative estimate of drug-likeness (QED) is 0.530. The Kier molecular flexibility index (Phi) is 7.45. The molecule has 1 atom stereocenters. The van der Waals surface area contributed by atoms with Crippen molar-refractivity contribution in [3.8, 4) is 0 Å². The van der Waals surface area contributed by atoms with Crippen LogP contribution in [0.4, 0.5) is 0 Å². The zero-order valence-electron chi connectivity index (χ0n) is 18.8. The average molecular weight is 415 g/mol. The van der Waals surface area contributed by atoms with Crippen molar-refractivity contribution in [1.82, 2.24) is 9.80 Å². The van der Waals surface area contributed by atoms with Crippen LogP contribution in [0.3, 0.4) is 0 Å². The summed E-state index contributed by atoms with van der Waals surface area (Å²) in [6.45, 7) is 12.1. The van der Waals surface area contributed by atoms with Crippen molar-refractivity contribution in [2.24, 2.45) is 5.92 Å². The minimum atomic E-state index is -0.721. The Hall–Kier alpha value is -2.63. The molecule has 2 rings (SSSR count). The lowest BCUT2D eigenvalue weighted by Gasteiger charge is -2.43. The van der Waals surface area contributed by atoms with Crippen LogP contribution >= 0.6 is 0 Å². The predicted molar refractivity (Wildman–Crippen MR) is 117 cm³/mol. The van der Waals surface area contributed by atoms with Gasteiger partial charge in [0.2, 0.25) is 11.8 Å². The third-order valence-electron chi connectivity index (χ3n) is 5.54. The highest BCUT2D eigenvalue weighted by Gasteiger charge is 2.45. The summed E-state index contributed by atoms with van der Waals surface area (Å²) in [5, 5.41) is 0. The fourth-order valence-electron chi connectivity index (χ4n) is 3.96. The molecule has 1 aromatic carbocycles. The number of nitrogens with zero attached hydrogens (tertiary/aromatic N) is 2. The average Bonchev–Trinajstić information content (AvgIpc) is 2.72. The number of esters is 1. The number of carbonyl (C=O) groups is 3. The summed E-state index contributed by atoms with van der Waals surface area (Å²) >= 11 is 0. The summed E-state index contributed by atoms with van der Waals surface area (Å²) in [6.07, 6.45) is 2.37. The lowest BCUT2D eigenvalue weighted by atomic mass is 9.71. The number of carbonyl (C=O) groups excluding carboxylic acids is 3. The van der Waals surface area contributed by atoms with Crippen LogP contribution < -0.4 is 0 Å². The molecule has 164 valence electrons. The van der Waals surface area contributed by atoms with Gasteiger partial charge in [0.15, 0.2) is 0 Å². The molecule has 1 unspecified atom stereocenters. The van der Waals surface area contributed by atoms with Crippen LogP contribution in [-0.4, -0.2) is 59.9 Å². The van der Waals surface area contributed by atoms with E-state index in [0.717, 1.165) is 5.56 Å². The van der Waals surface area contributed by atoms with Crippen molar-refractivity contribution >= 4 is 17.8 Å². The zero-order chi connectivity index (χ0) is 22.5. The smallest absolute Gasteiger partial charge is 0.310 e. The molecule has 1 aliphatic rings. The van der Waals surface area contributed by atoms with Gasteiger partial charge in [0, 0.05) is 26.7 Å². The largest absolute Gasteiger partial charge is 0.460 e. The maximum Gasteiger partial charge on any atom is 0.310 e. The van der Waals surface area contributed by atoms with Gasteiger partial charge in [-0.3, -0.25) is 14.4 Å². The summed E-state index contributed by atoms with van der Waals surface area (Å²) in [5.41, 5.74) is -0.344. The molecule has 0 aliphatic carbocycles. The van der Waals surface area contributed by atoms with E-state index in [4.69, 9.17) is 4.74 Å². The number of ether oxygens (including phenoxy) is 1. The molecule has 0 bridgehead atoms. The zero-order valence-corrected chi connectivity index (χ0v) is 18.8. The highest BCUT2D eigenvalue weighted by Crippen LogP contribution is 2.37. The van der Waals surface area contributed by atoms with Gasteiger partial charge in [-0.25, -0.2) is 0 Å². The number of hydrogen-bond acceptors (Lipinski definition) is 4. The number of amides is 2. The number of likely N-dealkylation sites (tertiary alicyclic amines) is 1. The van der Waals surface area contributed by atoms with E-state index in [1.54, 1.807) is 23.8 Å². The second-order valence-electron chi connectivity index (χ2n) is 9.10. The maximum absolute atomic E-state index is 13.7. The topological polar surface area (TPSA) is 66.9 Å². The Bertz CT molecular complexity index is 774. The minimum absolute atomic E-state index is 0.0326. The Morgan fingerprint density at radius 1 is 1.20 bits per heavy atom. The van der Waals surface area contributed by atoms with Crippen molar-refractivity contribution in [1.29, 1.82) is 0 Å². The summed E-state index contributed by atoms with van der Waals surface area (Å²) in [7, 11) is 1.73. The molecule has 0 N–H and O–H groups in total. The minimum Gasteiger partial charge on any atom is -0.460 e. The normalized spacial score (nSPS) is 17.0. The summed E-state index contributed by atoms with van der Waals surface area (Å²) in [6, 6.07) is 9.71. The molecule has 0 radical (unpaired) electrons. The van der Waals surface area contributed by atoms with E-state index in [0.29, 0.717) is 25.9 Å². The molecule has 1 aromatic rings. The molecule has 2 amide bonds. The number of likely N-dealkylation sites (N-methyl/N-ethyl adjacent to an activating group) is 1. The van der Waals surface area contributed by atoms with Crippen molar-refractivity contribution in [3.05, 3.63) is 48.6 Å².